The highest BCUT2D eigenvalue weighted by Crippen LogP contribution is 2.66. The number of phosphoric acid groups is 3. The van der Waals surface area contributed by atoms with Gasteiger partial charge in [-0.2, -0.15) is 8.62 Å². The van der Waals surface area contributed by atoms with Gasteiger partial charge in [0, 0.05) is 12.7 Å². The third-order valence-corrected chi connectivity index (χ3v) is 9.25. The number of nitrogen functional groups attached to an aromatic ring is 1. The molecule has 224 valence electrons. The van der Waals surface area contributed by atoms with Gasteiger partial charge in [0.2, 0.25) is 0 Å². The molecular formula is C18H23N6O14P3. The van der Waals surface area contributed by atoms with Crippen molar-refractivity contribution >= 4 is 52.1 Å². The molecule has 0 saturated carbocycles. The van der Waals surface area contributed by atoms with Crippen molar-refractivity contribution in [3.8, 4) is 0 Å². The summed E-state index contributed by atoms with van der Waals surface area (Å²) in [6.07, 6.45) is -3.88. The molecule has 3 unspecified atom stereocenters. The van der Waals surface area contributed by atoms with E-state index >= 15 is 0 Å². The van der Waals surface area contributed by atoms with Crippen LogP contribution in [0.2, 0.25) is 0 Å². The van der Waals surface area contributed by atoms with Crippen molar-refractivity contribution in [3.63, 3.8) is 0 Å². The first kappa shape index (κ1) is 31.1. The molecule has 8 N–H and O–H groups in total. The largest absolute Gasteiger partial charge is 0.490 e. The molecule has 2 aromatic heterocycles. The Bertz CT molecular complexity index is 1580. The number of aromatic nitrogens is 4. The number of nitrogens with two attached hydrogens (primary N) is 1. The molecular weight excluding hydrogens is 617 g/mol. The number of nitrogens with one attached hydrogen (secondary N) is 1. The molecule has 1 aromatic carbocycles. The number of imidazole rings is 1. The van der Waals surface area contributed by atoms with Gasteiger partial charge in [0.05, 0.1) is 18.5 Å². The van der Waals surface area contributed by atoms with E-state index in [4.69, 9.17) is 25.0 Å². The number of esters is 1. The number of fused-ring (bicyclic) bond motifs is 1. The van der Waals surface area contributed by atoms with Crippen LogP contribution in [-0.2, 0) is 36.3 Å². The number of aliphatic hydroxyl groups excluding tert-OH is 1. The summed E-state index contributed by atoms with van der Waals surface area (Å²) in [6, 6.07) is 6.21. The molecule has 41 heavy (non-hydrogen) atoms. The fourth-order valence-electron chi connectivity index (χ4n) is 3.82. The first-order valence-corrected chi connectivity index (χ1v) is 15.7. The fraction of sp³-hybridized carbons (Fsp3) is 0.333. The van der Waals surface area contributed by atoms with Crippen LogP contribution in [0.1, 0.15) is 16.6 Å². The van der Waals surface area contributed by atoms with Gasteiger partial charge >= 0.3 is 29.4 Å². The fourth-order valence-corrected chi connectivity index (χ4v) is 6.85. The summed E-state index contributed by atoms with van der Waals surface area (Å²) >= 11 is 0. The molecule has 23 heteroatoms. The van der Waals surface area contributed by atoms with Gasteiger partial charge < -0.3 is 45.2 Å². The molecule has 3 heterocycles. The number of carbonyl (C=O) groups excluding carboxylic acids is 1. The number of para-hydroxylation sites is 1. The van der Waals surface area contributed by atoms with Gasteiger partial charge in [-0.1, -0.05) is 12.1 Å². The zero-order valence-electron chi connectivity index (χ0n) is 20.6. The number of anilines is 2. The minimum absolute atomic E-state index is 0.0112. The van der Waals surface area contributed by atoms with Crippen molar-refractivity contribution in [2.75, 3.05) is 24.7 Å². The predicted octanol–water partition coefficient (Wildman–Crippen LogP) is 0.277. The molecule has 0 radical (unpaired) electrons. The monoisotopic (exact) mass is 640 g/mol. The topological polar surface area (TPSA) is 297 Å². The van der Waals surface area contributed by atoms with Crippen molar-refractivity contribution in [2.24, 2.45) is 0 Å². The third kappa shape index (κ3) is 7.34. The van der Waals surface area contributed by atoms with Crippen molar-refractivity contribution in [3.05, 3.63) is 42.5 Å². The number of hydrogen-bond acceptors (Lipinski definition) is 15. The standard InChI is InChI=1S/C18H23N6O14P3/c1-20-10-5-3-2-4-9(10)18(26)36-14-11(6-34-40(30,31)38-41(32,33)37-39(27,28)29)35-17(13(14)25)24-8-23-12-15(19)21-7-22-16(12)24/h2-5,7-8,11,13-14,17,20,25H,6H2,1H3,(H,30,31)(H,32,33)(H2,19,21,22)(H2,27,28,29)/t11-,13+,14?,17-/m1/s1. The molecule has 1 aliphatic rings. The van der Waals surface area contributed by atoms with Crippen LogP contribution >= 0.6 is 23.5 Å². The maximum Gasteiger partial charge on any atom is 0.490 e. The number of hydrogen-bond donors (Lipinski definition) is 7. The summed E-state index contributed by atoms with van der Waals surface area (Å²) in [4.78, 5) is 61.6. The first-order chi connectivity index (χ1) is 19.1. The second-order valence-electron chi connectivity index (χ2n) is 8.19. The van der Waals surface area contributed by atoms with E-state index in [2.05, 4.69) is 33.4 Å². The number of rotatable bonds is 11. The molecule has 0 spiro atoms. The number of nitrogens with zero attached hydrogens (tertiary/aromatic N) is 4. The van der Waals surface area contributed by atoms with Gasteiger partial charge in [-0.05, 0) is 12.1 Å². The Labute approximate surface area is 229 Å². The molecule has 0 aliphatic carbocycles. The van der Waals surface area contributed by atoms with Gasteiger partial charge in [-0.25, -0.2) is 33.4 Å². The summed E-state index contributed by atoms with van der Waals surface area (Å²) in [6.45, 7) is -1.02. The molecule has 1 aliphatic heterocycles. The molecule has 3 aromatic rings. The highest BCUT2D eigenvalue weighted by molar-refractivity contribution is 7.66. The molecule has 1 fully saturated rings. The Morgan fingerprint density at radius 2 is 1.80 bits per heavy atom. The highest BCUT2D eigenvalue weighted by Gasteiger charge is 2.49. The van der Waals surface area contributed by atoms with E-state index < -0.39 is 60.6 Å². The quantitative estimate of drug-likeness (QED) is 0.109. The lowest BCUT2D eigenvalue weighted by molar-refractivity contribution is -0.0520. The van der Waals surface area contributed by atoms with Gasteiger partial charge in [0.25, 0.3) is 0 Å². The lowest BCUT2D eigenvalue weighted by Crippen LogP contribution is -2.38. The second kappa shape index (κ2) is 11.8. The normalized spacial score (nSPS) is 24.0. The van der Waals surface area contributed by atoms with Crippen LogP contribution in [-0.4, -0.2) is 82.1 Å². The number of carbonyl (C=O) groups is 1. The minimum Gasteiger partial charge on any atom is -0.453 e. The molecule has 1 saturated heterocycles. The Balaban J connectivity index is 1.60. The Hall–Kier alpha value is -2.83. The summed E-state index contributed by atoms with van der Waals surface area (Å²) in [5.74, 6) is -0.925. The molecule has 20 nitrogen and oxygen atoms in total. The number of aliphatic hydroxyl groups is 1. The average molecular weight is 640 g/mol. The Morgan fingerprint density at radius 3 is 2.49 bits per heavy atom. The van der Waals surface area contributed by atoms with Gasteiger partial charge in [0.1, 0.15) is 24.1 Å². The van der Waals surface area contributed by atoms with Gasteiger partial charge in [-0.3, -0.25) is 9.09 Å². The van der Waals surface area contributed by atoms with Crippen molar-refractivity contribution in [2.45, 2.75) is 24.5 Å². The predicted molar refractivity (Wildman–Crippen MR) is 135 cm³/mol. The SMILES string of the molecule is CNc1ccccc1C(=O)OC1[C@@H](COP(=O)(O)OP(=O)(O)OP(=O)(O)O)O[C@@H](n2cnc3c(N)ncnc32)[C@H]1O. The van der Waals surface area contributed by atoms with E-state index in [-0.39, 0.29) is 22.5 Å². The number of ether oxygens (including phenoxy) is 2. The Kier molecular flexibility index (Phi) is 8.96. The molecule has 0 amide bonds. The number of phosphoric ester groups is 1. The maximum atomic E-state index is 13.0. The zero-order valence-corrected chi connectivity index (χ0v) is 23.3. The zero-order chi connectivity index (χ0) is 30.2. The Morgan fingerprint density at radius 1 is 1.10 bits per heavy atom. The molecule has 6 atom stereocenters. The summed E-state index contributed by atoms with van der Waals surface area (Å²) in [5.41, 5.74) is 6.50. The van der Waals surface area contributed by atoms with Crippen LogP contribution in [0, 0.1) is 0 Å². The second-order valence-corrected chi connectivity index (χ2v) is 12.6. The van der Waals surface area contributed by atoms with Gasteiger partial charge in [-0.15, -0.1) is 0 Å². The van der Waals surface area contributed by atoms with Crippen LogP contribution < -0.4 is 11.1 Å². The van der Waals surface area contributed by atoms with E-state index in [0.29, 0.717) is 5.69 Å². The first-order valence-electron chi connectivity index (χ1n) is 11.1. The van der Waals surface area contributed by atoms with E-state index in [0.717, 1.165) is 6.33 Å². The smallest absolute Gasteiger partial charge is 0.453 e. The molecule has 4 rings (SSSR count). The van der Waals surface area contributed by atoms with Crippen molar-refractivity contribution in [1.29, 1.82) is 0 Å². The van der Waals surface area contributed by atoms with Crippen LogP contribution in [0.4, 0.5) is 11.5 Å². The van der Waals surface area contributed by atoms with E-state index in [1.807, 2.05) is 0 Å². The van der Waals surface area contributed by atoms with Crippen LogP contribution in [0.3, 0.4) is 0 Å². The third-order valence-electron chi connectivity index (χ3n) is 5.45. The summed E-state index contributed by atoms with van der Waals surface area (Å²) in [7, 11) is -15.4. The van der Waals surface area contributed by atoms with Crippen molar-refractivity contribution < 1.29 is 65.8 Å². The van der Waals surface area contributed by atoms with Crippen LogP contribution in [0.15, 0.2) is 36.9 Å². The lowest BCUT2D eigenvalue weighted by atomic mass is 10.1. The molecule has 0 bridgehead atoms. The summed E-state index contributed by atoms with van der Waals surface area (Å²) < 4.78 is 59.3. The van der Waals surface area contributed by atoms with E-state index in [1.165, 1.54) is 17.0 Å². The lowest BCUT2D eigenvalue weighted by Gasteiger charge is -2.22. The van der Waals surface area contributed by atoms with E-state index in [9.17, 15) is 33.4 Å². The average Bonchev–Trinajstić information content (AvgIpc) is 3.42. The summed E-state index contributed by atoms with van der Waals surface area (Å²) in [5, 5.41) is 13.9. The minimum atomic E-state index is -5.80. The van der Waals surface area contributed by atoms with Crippen LogP contribution in [0.25, 0.3) is 11.2 Å². The maximum absolute atomic E-state index is 13.0. The number of benzene rings is 1. The van der Waals surface area contributed by atoms with E-state index in [1.54, 1.807) is 25.2 Å². The van der Waals surface area contributed by atoms with Crippen LogP contribution in [0.5, 0.6) is 0 Å². The van der Waals surface area contributed by atoms with Crippen molar-refractivity contribution in [1.82, 2.24) is 19.5 Å². The van der Waals surface area contributed by atoms with Gasteiger partial charge in [0.15, 0.2) is 23.8 Å². The highest BCUT2D eigenvalue weighted by atomic mass is 31.3.